The molecule has 2 heterocycles. The highest BCUT2D eigenvalue weighted by Gasteiger charge is 2.54. The van der Waals surface area contributed by atoms with Gasteiger partial charge in [0.15, 0.2) is 0 Å². The van der Waals surface area contributed by atoms with Gasteiger partial charge in [0.2, 0.25) is 17.6 Å². The number of ketones is 1. The Hall–Kier alpha value is -3.55. The summed E-state index contributed by atoms with van der Waals surface area (Å²) in [6, 6.07) is -4.29. The van der Waals surface area contributed by atoms with Crippen molar-refractivity contribution >= 4 is 41.4 Å². The van der Waals surface area contributed by atoms with E-state index in [1.807, 2.05) is 27.7 Å². The molecule has 0 aromatic carbocycles. The Morgan fingerprint density at radius 3 is 2.04 bits per heavy atom. The molecule has 0 bridgehead atoms. The summed E-state index contributed by atoms with van der Waals surface area (Å²) in [7, 11) is 0. The van der Waals surface area contributed by atoms with Gasteiger partial charge in [-0.25, -0.2) is 4.79 Å². The molecule has 3 rings (SSSR count). The fraction of sp³-hybridized carbons (Fsp3) is 0.774. The van der Waals surface area contributed by atoms with Crippen molar-refractivity contribution in [1.29, 1.82) is 0 Å². The van der Waals surface area contributed by atoms with Crippen molar-refractivity contribution in [3.63, 3.8) is 0 Å². The Balaban J connectivity index is 1.80. The Bertz CT molecular complexity index is 1180. The summed E-state index contributed by atoms with van der Waals surface area (Å²) in [4.78, 5) is 92.7. The van der Waals surface area contributed by atoms with Gasteiger partial charge in [-0.1, -0.05) is 61.3 Å². The number of carbonyl (C=O) groups excluding carboxylic acids is 7. The van der Waals surface area contributed by atoms with Crippen molar-refractivity contribution < 1.29 is 38.3 Å². The van der Waals surface area contributed by atoms with Gasteiger partial charge in [-0.3, -0.25) is 33.7 Å². The number of nitrogens with zero attached hydrogens (tertiary/aromatic N) is 2. The molecule has 6 atom stereocenters. The highest BCUT2D eigenvalue weighted by Crippen LogP contribution is 2.45. The fourth-order valence-corrected chi connectivity index (χ4v) is 6.09. The lowest BCUT2D eigenvalue weighted by Crippen LogP contribution is -2.63. The lowest BCUT2D eigenvalue weighted by Gasteiger charge is -2.39. The summed E-state index contributed by atoms with van der Waals surface area (Å²) in [5.74, 6) is -3.95. The number of nitrogens with one attached hydrogen (secondary N) is 3. The van der Waals surface area contributed by atoms with E-state index >= 15 is 0 Å². The maximum Gasteiger partial charge on any atom is 0.315 e. The third-order valence-corrected chi connectivity index (χ3v) is 9.08. The monoisotopic (exact) mass is 634 g/mol. The molecule has 0 radical (unpaired) electrons. The van der Waals surface area contributed by atoms with Crippen LogP contribution < -0.4 is 21.7 Å². The minimum absolute atomic E-state index is 0.0625. The molecule has 3 fully saturated rings. The number of morpholine rings is 1. The first-order chi connectivity index (χ1) is 20.9. The number of likely N-dealkylation sites (tertiary alicyclic amines) is 1. The molecule has 3 aliphatic rings. The average Bonchev–Trinajstić information content (AvgIpc) is 3.18. The highest BCUT2D eigenvalue weighted by atomic mass is 16.5. The van der Waals surface area contributed by atoms with E-state index in [4.69, 9.17) is 10.5 Å². The van der Waals surface area contributed by atoms with Crippen molar-refractivity contribution in [3.8, 4) is 0 Å². The van der Waals surface area contributed by atoms with Crippen LogP contribution in [0.2, 0.25) is 0 Å². The number of urea groups is 1. The second kappa shape index (κ2) is 14.3. The van der Waals surface area contributed by atoms with Gasteiger partial charge in [0, 0.05) is 13.1 Å². The molecule has 1 saturated carbocycles. The third kappa shape index (κ3) is 8.59. The molecule has 252 valence electrons. The molecule has 7 amide bonds. The zero-order chi connectivity index (χ0) is 33.9. The molecule has 2 aliphatic heterocycles. The van der Waals surface area contributed by atoms with Crippen LogP contribution in [-0.2, 0) is 33.5 Å². The summed E-state index contributed by atoms with van der Waals surface area (Å²) >= 11 is 0. The van der Waals surface area contributed by atoms with Crippen LogP contribution in [0.1, 0.15) is 80.6 Å². The Labute approximate surface area is 264 Å². The fourth-order valence-electron chi connectivity index (χ4n) is 6.09. The number of nitrogens with two attached hydrogens (primary N) is 1. The van der Waals surface area contributed by atoms with Crippen LogP contribution in [0.3, 0.4) is 0 Å². The number of ether oxygens (including phenoxy) is 1. The van der Waals surface area contributed by atoms with E-state index < -0.39 is 76.3 Å². The van der Waals surface area contributed by atoms with Gasteiger partial charge in [-0.05, 0) is 41.9 Å². The number of primary amides is 1. The first kappa shape index (κ1) is 35.9. The predicted octanol–water partition coefficient (Wildman–Crippen LogP) is 0.467. The zero-order valence-corrected chi connectivity index (χ0v) is 27.6. The quantitative estimate of drug-likeness (QED) is 0.175. The normalized spacial score (nSPS) is 23.8. The number of unbranched alkanes of at least 4 members (excludes halogenated alkanes) is 1. The zero-order valence-electron chi connectivity index (χ0n) is 27.6. The number of imide groups is 1. The second-order valence-electron chi connectivity index (χ2n) is 14.6. The van der Waals surface area contributed by atoms with Crippen LogP contribution in [0.25, 0.3) is 0 Å². The van der Waals surface area contributed by atoms with Gasteiger partial charge in [0.05, 0.1) is 12.1 Å². The highest BCUT2D eigenvalue weighted by molar-refractivity contribution is 6.37. The Morgan fingerprint density at radius 2 is 1.56 bits per heavy atom. The molecule has 1 aliphatic carbocycles. The van der Waals surface area contributed by atoms with Crippen LogP contribution in [0.4, 0.5) is 4.79 Å². The maximum atomic E-state index is 14.2. The van der Waals surface area contributed by atoms with Crippen LogP contribution in [0, 0.1) is 22.7 Å². The van der Waals surface area contributed by atoms with Gasteiger partial charge in [-0.15, -0.1) is 0 Å². The first-order valence-electron chi connectivity index (χ1n) is 15.8. The van der Waals surface area contributed by atoms with Crippen LogP contribution in [-0.4, -0.2) is 102 Å². The van der Waals surface area contributed by atoms with Gasteiger partial charge >= 0.3 is 6.03 Å². The molecule has 1 unspecified atom stereocenters. The lowest BCUT2D eigenvalue weighted by molar-refractivity contribution is -0.159. The van der Waals surface area contributed by atoms with Crippen molar-refractivity contribution in [2.24, 2.45) is 28.4 Å². The van der Waals surface area contributed by atoms with Gasteiger partial charge in [0.25, 0.3) is 17.7 Å². The summed E-state index contributed by atoms with van der Waals surface area (Å²) in [5, 5.41) is 8.36. The summed E-state index contributed by atoms with van der Waals surface area (Å²) < 4.78 is 4.99. The molecule has 2 saturated heterocycles. The molecule has 0 aromatic rings. The number of carbonyl (C=O) groups is 7. The number of rotatable bonds is 12. The molecule has 0 spiro atoms. The lowest BCUT2D eigenvalue weighted by atomic mass is 9.73. The molecule has 45 heavy (non-hydrogen) atoms. The predicted molar refractivity (Wildman–Crippen MR) is 163 cm³/mol. The smallest absolute Gasteiger partial charge is 0.315 e. The topological polar surface area (TPSA) is 197 Å². The van der Waals surface area contributed by atoms with Gasteiger partial charge in [0.1, 0.15) is 25.3 Å². The number of amides is 7. The van der Waals surface area contributed by atoms with Gasteiger partial charge < -0.3 is 31.3 Å². The molecular weight excluding hydrogens is 584 g/mol. The second-order valence-corrected chi connectivity index (χ2v) is 14.6. The van der Waals surface area contributed by atoms with E-state index in [9.17, 15) is 33.6 Å². The van der Waals surface area contributed by atoms with E-state index in [2.05, 4.69) is 16.0 Å². The van der Waals surface area contributed by atoms with Crippen LogP contribution in [0.5, 0.6) is 0 Å². The molecule has 5 N–H and O–H groups in total. The van der Waals surface area contributed by atoms with Crippen molar-refractivity contribution in [2.75, 3.05) is 26.3 Å². The molecule has 0 aromatic heterocycles. The minimum atomic E-state index is -1.13. The average molecular weight is 635 g/mol. The van der Waals surface area contributed by atoms with Crippen molar-refractivity contribution in [1.82, 2.24) is 25.8 Å². The number of hydrogen-bond acceptors (Lipinski definition) is 8. The summed E-state index contributed by atoms with van der Waals surface area (Å²) in [5.41, 5.74) is 3.91. The number of hydrogen-bond donors (Lipinski definition) is 4. The Kier molecular flexibility index (Phi) is 11.4. The number of fused-ring (bicyclic) bond motifs is 1. The SMILES string of the molecule is CCCCC(NC(=O)[C@@H]1[C@H]2CC[C@H]2CN1C(=O)[C@@H](NC(=O)N[C@H](CN1C(=O)COCC1=O)C(C)(C)C)C(C)(C)C)C(=O)C(N)=O. The van der Waals surface area contributed by atoms with Crippen LogP contribution >= 0.6 is 0 Å². The van der Waals surface area contributed by atoms with E-state index in [1.54, 1.807) is 20.8 Å². The van der Waals surface area contributed by atoms with Crippen molar-refractivity contribution in [2.45, 2.75) is 105 Å². The molecule has 14 nitrogen and oxygen atoms in total. The third-order valence-electron chi connectivity index (χ3n) is 9.08. The van der Waals surface area contributed by atoms with E-state index in [0.717, 1.165) is 24.2 Å². The first-order valence-corrected chi connectivity index (χ1v) is 15.8. The van der Waals surface area contributed by atoms with Gasteiger partial charge in [-0.2, -0.15) is 0 Å². The Morgan fingerprint density at radius 1 is 0.933 bits per heavy atom. The van der Waals surface area contributed by atoms with E-state index in [-0.39, 0.29) is 38.0 Å². The van der Waals surface area contributed by atoms with E-state index in [0.29, 0.717) is 13.0 Å². The summed E-state index contributed by atoms with van der Waals surface area (Å²) in [6.07, 6.45) is 3.17. The number of Topliss-reactive ketones (excluding diaryl/α,β-unsaturated/α-hetero) is 1. The van der Waals surface area contributed by atoms with E-state index in [1.165, 1.54) is 4.90 Å². The minimum Gasteiger partial charge on any atom is -0.363 e. The maximum absolute atomic E-state index is 14.2. The molecule has 14 heteroatoms. The standard InChI is InChI=1S/C31H50N6O8/c1-8-9-10-19(24(40)26(32)41)33-27(42)23-18-12-11-17(18)13-37(23)28(43)25(31(5,6)7)35-29(44)34-20(30(2,3)4)14-36-21(38)15-45-16-22(36)39/h17-20,23,25H,8-16H2,1-7H3,(H2,32,41)(H,33,42)(H2,34,35,44)/t17-,18-,19?,20+,23-,25+/m0/s1. The largest absolute Gasteiger partial charge is 0.363 e. The molecular formula is C31H50N6O8. The van der Waals surface area contributed by atoms with Crippen molar-refractivity contribution in [3.05, 3.63) is 0 Å². The summed E-state index contributed by atoms with van der Waals surface area (Å²) in [6.45, 7) is 12.7. The van der Waals surface area contributed by atoms with Crippen LogP contribution in [0.15, 0.2) is 0 Å².